The van der Waals surface area contributed by atoms with Crippen LogP contribution in [0, 0.1) is 0 Å². The summed E-state index contributed by atoms with van der Waals surface area (Å²) in [4.78, 5) is 0. The zero-order valence-electron chi connectivity index (χ0n) is 14.6. The highest BCUT2D eigenvalue weighted by molar-refractivity contribution is 14.1. The summed E-state index contributed by atoms with van der Waals surface area (Å²) < 4.78 is 1.13. The topological polar surface area (TPSA) is 0 Å². The SMILES string of the molecule is CC(C)=CCC/C(C)=C/CC/C(C)=C/CC/C(C)=C/CI. The van der Waals surface area contributed by atoms with Gasteiger partial charge in [-0.15, -0.1) is 0 Å². The smallest absolute Gasteiger partial charge is 0.0178 e. The zero-order chi connectivity index (χ0) is 16.1. The van der Waals surface area contributed by atoms with E-state index in [2.05, 4.69) is 81.5 Å². The average molecular weight is 400 g/mol. The van der Waals surface area contributed by atoms with Crippen LogP contribution in [0.1, 0.15) is 73.1 Å². The number of alkyl halides is 1. The third kappa shape index (κ3) is 14.4. The molecule has 1 heteroatoms. The lowest BCUT2D eigenvalue weighted by Gasteiger charge is -2.02. The normalized spacial score (nSPS) is 13.5. The van der Waals surface area contributed by atoms with Crippen LogP contribution in [0.2, 0.25) is 0 Å². The zero-order valence-corrected chi connectivity index (χ0v) is 16.8. The van der Waals surface area contributed by atoms with Crippen LogP contribution in [-0.2, 0) is 0 Å². The molecule has 0 aromatic heterocycles. The number of allylic oxidation sites excluding steroid dienone is 8. The lowest BCUT2D eigenvalue weighted by molar-refractivity contribution is 0.900. The summed E-state index contributed by atoms with van der Waals surface area (Å²) in [6.07, 6.45) is 16.6. The van der Waals surface area contributed by atoms with Crippen LogP contribution in [0.3, 0.4) is 0 Å². The predicted octanol–water partition coefficient (Wildman–Crippen LogP) is 7.57. The van der Waals surface area contributed by atoms with E-state index >= 15 is 0 Å². The van der Waals surface area contributed by atoms with E-state index in [0.717, 1.165) is 4.43 Å². The Morgan fingerprint density at radius 1 is 0.619 bits per heavy atom. The molecule has 0 saturated heterocycles. The predicted molar refractivity (Wildman–Crippen MR) is 107 cm³/mol. The van der Waals surface area contributed by atoms with E-state index in [1.54, 1.807) is 0 Å². The van der Waals surface area contributed by atoms with Crippen LogP contribution < -0.4 is 0 Å². The van der Waals surface area contributed by atoms with E-state index in [4.69, 9.17) is 0 Å². The molecule has 0 aliphatic heterocycles. The van der Waals surface area contributed by atoms with Crippen molar-refractivity contribution in [2.45, 2.75) is 73.1 Å². The minimum atomic E-state index is 1.13. The van der Waals surface area contributed by atoms with Crippen molar-refractivity contribution in [3.05, 3.63) is 46.6 Å². The minimum absolute atomic E-state index is 1.13. The van der Waals surface area contributed by atoms with Gasteiger partial charge in [-0.1, -0.05) is 69.2 Å². The van der Waals surface area contributed by atoms with Crippen LogP contribution in [-0.4, -0.2) is 4.43 Å². The lowest BCUT2D eigenvalue weighted by atomic mass is 10.0. The summed E-state index contributed by atoms with van der Waals surface area (Å²) in [5.41, 5.74) is 6.00. The lowest BCUT2D eigenvalue weighted by Crippen LogP contribution is -1.82. The third-order valence-corrected chi connectivity index (χ3v) is 4.02. The summed E-state index contributed by atoms with van der Waals surface area (Å²) in [7, 11) is 0. The van der Waals surface area contributed by atoms with Gasteiger partial charge >= 0.3 is 0 Å². The molecular weight excluding hydrogens is 367 g/mol. The van der Waals surface area contributed by atoms with Gasteiger partial charge in [0.25, 0.3) is 0 Å². The number of halogens is 1. The summed E-state index contributed by atoms with van der Waals surface area (Å²) in [5.74, 6) is 0. The summed E-state index contributed by atoms with van der Waals surface area (Å²) >= 11 is 2.40. The maximum atomic E-state index is 2.41. The van der Waals surface area contributed by atoms with E-state index in [9.17, 15) is 0 Å². The Morgan fingerprint density at radius 2 is 1.00 bits per heavy atom. The van der Waals surface area contributed by atoms with Crippen molar-refractivity contribution in [1.82, 2.24) is 0 Å². The molecule has 0 spiro atoms. The fourth-order valence-electron chi connectivity index (χ4n) is 2.12. The second kappa shape index (κ2) is 13.4. The molecule has 0 amide bonds. The third-order valence-electron chi connectivity index (χ3n) is 3.58. The summed E-state index contributed by atoms with van der Waals surface area (Å²) in [5, 5.41) is 0. The quantitative estimate of drug-likeness (QED) is 0.202. The molecule has 0 aromatic carbocycles. The molecule has 0 bridgehead atoms. The first-order valence-electron chi connectivity index (χ1n) is 8.12. The largest absolute Gasteiger partial charge is 0.0856 e. The van der Waals surface area contributed by atoms with Crippen LogP contribution in [0.15, 0.2) is 46.6 Å². The highest BCUT2D eigenvalue weighted by Crippen LogP contribution is 2.13. The Labute approximate surface area is 146 Å². The van der Waals surface area contributed by atoms with E-state index < -0.39 is 0 Å². The fourth-order valence-corrected chi connectivity index (χ4v) is 2.87. The van der Waals surface area contributed by atoms with Crippen LogP contribution in [0.25, 0.3) is 0 Å². The molecule has 0 aromatic rings. The van der Waals surface area contributed by atoms with Crippen molar-refractivity contribution in [3.8, 4) is 0 Å². The van der Waals surface area contributed by atoms with Gasteiger partial charge in [-0.2, -0.15) is 0 Å². The summed E-state index contributed by atoms with van der Waals surface area (Å²) in [6.45, 7) is 11.1. The fraction of sp³-hybridized carbons (Fsp3) is 0.600. The molecule has 0 fully saturated rings. The van der Waals surface area contributed by atoms with Crippen molar-refractivity contribution in [1.29, 1.82) is 0 Å². The van der Waals surface area contributed by atoms with Gasteiger partial charge in [0.15, 0.2) is 0 Å². The van der Waals surface area contributed by atoms with Gasteiger partial charge < -0.3 is 0 Å². The molecule has 0 heterocycles. The Morgan fingerprint density at radius 3 is 1.38 bits per heavy atom. The number of rotatable bonds is 10. The molecule has 0 nitrogen and oxygen atoms in total. The monoisotopic (exact) mass is 400 g/mol. The number of hydrogen-bond acceptors (Lipinski definition) is 0. The van der Waals surface area contributed by atoms with Gasteiger partial charge in [0.05, 0.1) is 0 Å². The van der Waals surface area contributed by atoms with E-state index in [1.165, 1.54) is 60.8 Å². The molecule has 0 aliphatic carbocycles. The van der Waals surface area contributed by atoms with Crippen LogP contribution in [0.5, 0.6) is 0 Å². The molecule has 0 saturated carbocycles. The molecule has 120 valence electrons. The molecule has 0 rings (SSSR count). The summed E-state index contributed by atoms with van der Waals surface area (Å²) in [6, 6.07) is 0. The van der Waals surface area contributed by atoms with Crippen LogP contribution in [0.4, 0.5) is 0 Å². The first kappa shape index (κ1) is 20.7. The first-order valence-corrected chi connectivity index (χ1v) is 9.64. The molecule has 0 atom stereocenters. The Balaban J connectivity index is 3.93. The van der Waals surface area contributed by atoms with Crippen molar-refractivity contribution in [3.63, 3.8) is 0 Å². The molecule has 0 unspecified atom stereocenters. The van der Waals surface area contributed by atoms with Gasteiger partial charge in [0.1, 0.15) is 0 Å². The molecular formula is C20H33I. The van der Waals surface area contributed by atoms with Crippen molar-refractivity contribution < 1.29 is 0 Å². The minimum Gasteiger partial charge on any atom is -0.0856 e. The standard InChI is InChI=1S/C20H33I/c1-17(2)9-6-10-18(3)11-7-12-19(4)13-8-14-20(5)15-16-21/h9,11,13,15H,6-8,10,12,14,16H2,1-5H3/b18-11+,19-13+,20-15+. The van der Waals surface area contributed by atoms with Crippen molar-refractivity contribution in [2.75, 3.05) is 4.43 Å². The second-order valence-electron chi connectivity index (χ2n) is 6.20. The van der Waals surface area contributed by atoms with Gasteiger partial charge in [-0.3, -0.25) is 0 Å². The Kier molecular flexibility index (Phi) is 13.2. The average Bonchev–Trinajstić information content (AvgIpc) is 2.38. The Hall–Kier alpha value is -0.310. The van der Waals surface area contributed by atoms with Gasteiger partial charge in [0.2, 0.25) is 0 Å². The number of hydrogen-bond donors (Lipinski definition) is 0. The molecule has 0 aliphatic rings. The molecule has 0 radical (unpaired) electrons. The molecule has 0 N–H and O–H groups in total. The van der Waals surface area contributed by atoms with Gasteiger partial charge in [0, 0.05) is 4.43 Å². The maximum absolute atomic E-state index is 2.41. The second-order valence-corrected chi connectivity index (χ2v) is 7.08. The van der Waals surface area contributed by atoms with Crippen molar-refractivity contribution >= 4 is 22.6 Å². The van der Waals surface area contributed by atoms with Crippen LogP contribution >= 0.6 is 22.6 Å². The highest BCUT2D eigenvalue weighted by Gasteiger charge is 1.93. The molecule has 21 heavy (non-hydrogen) atoms. The van der Waals surface area contributed by atoms with E-state index in [0.29, 0.717) is 0 Å². The maximum Gasteiger partial charge on any atom is 0.0178 e. The van der Waals surface area contributed by atoms with Gasteiger partial charge in [-0.05, 0) is 73.1 Å². The van der Waals surface area contributed by atoms with E-state index in [1.807, 2.05) is 0 Å². The van der Waals surface area contributed by atoms with Gasteiger partial charge in [-0.25, -0.2) is 0 Å². The first-order chi connectivity index (χ1) is 9.95. The highest BCUT2D eigenvalue weighted by atomic mass is 127. The Bertz CT molecular complexity index is 390. The van der Waals surface area contributed by atoms with Crippen molar-refractivity contribution in [2.24, 2.45) is 0 Å². The van der Waals surface area contributed by atoms with E-state index in [-0.39, 0.29) is 0 Å².